The molecular weight excluding hydrogens is 364 g/mol. The van der Waals surface area contributed by atoms with Crippen LogP contribution in [-0.2, 0) is 21.0 Å². The highest BCUT2D eigenvalue weighted by atomic mass is 32.2. The second-order valence-corrected chi connectivity index (χ2v) is 6.63. The van der Waals surface area contributed by atoms with Gasteiger partial charge in [0.15, 0.2) is 0 Å². The van der Waals surface area contributed by atoms with Crippen molar-refractivity contribution in [3.8, 4) is 0 Å². The Hall–Kier alpha value is -2.62. The molecule has 0 atom stereocenters. The molecule has 1 amide bonds. The average Bonchev–Trinajstić information content (AvgIpc) is 2.47. The number of carbonyl (C=O) groups excluding carboxylic acids is 1. The maximum Gasteiger partial charge on any atom is 0.418 e. The van der Waals surface area contributed by atoms with Gasteiger partial charge in [-0.15, -0.1) is 0 Å². The topological polar surface area (TPSA) is 75.3 Å². The second kappa shape index (κ2) is 6.71. The first-order valence-corrected chi connectivity index (χ1v) is 8.25. The Labute approximate surface area is 140 Å². The molecule has 25 heavy (non-hydrogen) atoms. The summed E-state index contributed by atoms with van der Waals surface area (Å²) < 4.78 is 79.3. The number of carbonyl (C=O) groups is 1. The fraction of sp³-hybridized carbons (Fsp3) is 0.133. The van der Waals surface area contributed by atoms with E-state index in [0.717, 1.165) is 31.2 Å². The maximum absolute atomic E-state index is 13.6. The van der Waals surface area contributed by atoms with Crippen molar-refractivity contribution in [3.63, 3.8) is 0 Å². The number of rotatable bonds is 4. The summed E-state index contributed by atoms with van der Waals surface area (Å²) in [4.78, 5) is 10.2. The van der Waals surface area contributed by atoms with E-state index in [1.165, 1.54) is 12.1 Å². The molecule has 2 N–H and O–H groups in total. The van der Waals surface area contributed by atoms with Crippen LogP contribution in [0.4, 0.5) is 28.9 Å². The van der Waals surface area contributed by atoms with E-state index in [1.54, 1.807) is 4.72 Å². The zero-order valence-electron chi connectivity index (χ0n) is 12.7. The number of amides is 1. The molecule has 0 spiro atoms. The molecular formula is C15H12F4N2O3S. The lowest BCUT2D eigenvalue weighted by Crippen LogP contribution is -2.18. The van der Waals surface area contributed by atoms with Crippen molar-refractivity contribution in [1.82, 2.24) is 0 Å². The number of alkyl halides is 3. The summed E-state index contributed by atoms with van der Waals surface area (Å²) in [6.07, 6.45) is -4.90. The first-order valence-electron chi connectivity index (χ1n) is 6.77. The van der Waals surface area contributed by atoms with E-state index in [4.69, 9.17) is 0 Å². The molecule has 0 bridgehead atoms. The van der Waals surface area contributed by atoms with Gasteiger partial charge in [-0.05, 0) is 30.3 Å². The predicted octanol–water partition coefficient (Wildman–Crippen LogP) is 3.60. The fourth-order valence-electron chi connectivity index (χ4n) is 2.01. The minimum atomic E-state index is -4.90. The summed E-state index contributed by atoms with van der Waals surface area (Å²) in [7, 11) is -4.58. The molecule has 2 rings (SSSR count). The molecule has 2 aromatic carbocycles. The smallest absolute Gasteiger partial charge is 0.326 e. The number of anilines is 2. The van der Waals surface area contributed by atoms with E-state index in [2.05, 4.69) is 5.32 Å². The molecule has 0 unspecified atom stereocenters. The van der Waals surface area contributed by atoms with Gasteiger partial charge in [-0.2, -0.15) is 13.2 Å². The second-order valence-electron chi connectivity index (χ2n) is 4.98. The van der Waals surface area contributed by atoms with Crippen LogP contribution in [0.1, 0.15) is 12.5 Å². The summed E-state index contributed by atoms with van der Waals surface area (Å²) in [5.41, 5.74) is -2.27. The number of halogens is 4. The molecule has 134 valence electrons. The van der Waals surface area contributed by atoms with Gasteiger partial charge in [-0.25, -0.2) is 12.8 Å². The summed E-state index contributed by atoms with van der Waals surface area (Å²) in [5.74, 6) is -1.69. The fourth-order valence-corrected chi connectivity index (χ4v) is 3.17. The Balaban J connectivity index is 2.48. The Morgan fingerprint density at radius 2 is 1.72 bits per heavy atom. The summed E-state index contributed by atoms with van der Waals surface area (Å²) in [5, 5.41) is 2.17. The van der Waals surface area contributed by atoms with Gasteiger partial charge in [0.05, 0.1) is 11.3 Å². The van der Waals surface area contributed by atoms with Crippen molar-refractivity contribution < 1.29 is 30.8 Å². The van der Waals surface area contributed by atoms with Crippen LogP contribution < -0.4 is 10.0 Å². The Morgan fingerprint density at radius 3 is 2.28 bits per heavy atom. The van der Waals surface area contributed by atoms with E-state index >= 15 is 0 Å². The molecule has 0 aliphatic carbocycles. The van der Waals surface area contributed by atoms with Crippen LogP contribution in [0, 0.1) is 5.82 Å². The van der Waals surface area contributed by atoms with Gasteiger partial charge in [0.25, 0.3) is 10.0 Å². The number of sulfonamides is 1. The van der Waals surface area contributed by atoms with Crippen LogP contribution in [0.2, 0.25) is 0 Å². The molecule has 10 heteroatoms. The molecule has 0 heterocycles. The van der Waals surface area contributed by atoms with E-state index in [0.29, 0.717) is 6.07 Å². The third kappa shape index (κ3) is 4.47. The van der Waals surface area contributed by atoms with E-state index < -0.39 is 44.1 Å². The highest BCUT2D eigenvalue weighted by molar-refractivity contribution is 7.92. The predicted molar refractivity (Wildman–Crippen MR) is 83.0 cm³/mol. The lowest BCUT2D eigenvalue weighted by atomic mass is 10.1. The molecule has 0 aliphatic heterocycles. The minimum Gasteiger partial charge on any atom is -0.326 e. The van der Waals surface area contributed by atoms with Gasteiger partial charge in [-0.3, -0.25) is 9.52 Å². The molecule has 0 fully saturated rings. The largest absolute Gasteiger partial charge is 0.418 e. The molecule has 2 aromatic rings. The van der Waals surface area contributed by atoms with Crippen LogP contribution in [0.5, 0.6) is 0 Å². The lowest BCUT2D eigenvalue weighted by Gasteiger charge is -2.16. The minimum absolute atomic E-state index is 0.159. The molecule has 0 aliphatic rings. The van der Waals surface area contributed by atoms with E-state index in [-0.39, 0.29) is 5.69 Å². The third-order valence-electron chi connectivity index (χ3n) is 3.02. The number of hydrogen-bond acceptors (Lipinski definition) is 3. The van der Waals surface area contributed by atoms with Gasteiger partial charge in [0.2, 0.25) is 5.91 Å². The third-order valence-corrected chi connectivity index (χ3v) is 4.41. The quantitative estimate of drug-likeness (QED) is 0.801. The zero-order chi connectivity index (χ0) is 18.8. The van der Waals surface area contributed by atoms with Crippen LogP contribution in [-0.4, -0.2) is 14.3 Å². The van der Waals surface area contributed by atoms with Gasteiger partial charge in [-0.1, -0.05) is 12.1 Å². The molecule has 0 aromatic heterocycles. The summed E-state index contributed by atoms with van der Waals surface area (Å²) in [6.45, 7) is 1.11. The summed E-state index contributed by atoms with van der Waals surface area (Å²) >= 11 is 0. The van der Waals surface area contributed by atoms with Crippen molar-refractivity contribution in [2.24, 2.45) is 0 Å². The Morgan fingerprint density at radius 1 is 1.08 bits per heavy atom. The maximum atomic E-state index is 13.6. The van der Waals surface area contributed by atoms with Crippen LogP contribution in [0.15, 0.2) is 47.4 Å². The van der Waals surface area contributed by atoms with Crippen molar-refractivity contribution in [2.45, 2.75) is 18.0 Å². The van der Waals surface area contributed by atoms with Gasteiger partial charge < -0.3 is 5.32 Å². The van der Waals surface area contributed by atoms with Crippen molar-refractivity contribution in [2.75, 3.05) is 10.0 Å². The van der Waals surface area contributed by atoms with Gasteiger partial charge in [0, 0.05) is 12.6 Å². The highest BCUT2D eigenvalue weighted by Gasteiger charge is 2.35. The van der Waals surface area contributed by atoms with Crippen LogP contribution >= 0.6 is 0 Å². The monoisotopic (exact) mass is 376 g/mol. The van der Waals surface area contributed by atoms with Crippen molar-refractivity contribution >= 4 is 27.3 Å². The average molecular weight is 376 g/mol. The lowest BCUT2D eigenvalue weighted by molar-refractivity contribution is -0.136. The van der Waals surface area contributed by atoms with Crippen LogP contribution in [0.25, 0.3) is 0 Å². The number of benzene rings is 2. The van der Waals surface area contributed by atoms with E-state index in [1.807, 2.05) is 0 Å². The Bertz CT molecular complexity index is 911. The SMILES string of the molecule is CC(=O)Nc1ccc(NS(=O)(=O)c2ccccc2F)c(C(F)(F)F)c1. The molecule has 0 saturated heterocycles. The highest BCUT2D eigenvalue weighted by Crippen LogP contribution is 2.37. The summed E-state index contributed by atoms with van der Waals surface area (Å²) in [6, 6.07) is 6.80. The van der Waals surface area contributed by atoms with Gasteiger partial charge >= 0.3 is 6.18 Å². The Kier molecular flexibility index (Phi) is 5.02. The zero-order valence-corrected chi connectivity index (χ0v) is 13.5. The van der Waals surface area contributed by atoms with Crippen LogP contribution in [0.3, 0.4) is 0 Å². The van der Waals surface area contributed by atoms with Crippen molar-refractivity contribution in [1.29, 1.82) is 0 Å². The van der Waals surface area contributed by atoms with Crippen molar-refractivity contribution in [3.05, 3.63) is 53.8 Å². The number of hydrogen-bond donors (Lipinski definition) is 2. The molecule has 0 saturated carbocycles. The first-order chi connectivity index (χ1) is 11.5. The number of nitrogens with one attached hydrogen (secondary N) is 2. The standard InChI is InChI=1S/C15H12F4N2O3S/c1-9(22)20-10-6-7-13(11(8-10)15(17,18)19)21-25(23,24)14-5-3-2-4-12(14)16/h2-8,21H,1H3,(H,20,22). The van der Waals surface area contributed by atoms with Gasteiger partial charge in [0.1, 0.15) is 10.7 Å². The molecule has 5 nitrogen and oxygen atoms in total. The molecule has 0 radical (unpaired) electrons. The first kappa shape index (κ1) is 18.7. The normalized spacial score (nSPS) is 11.9. The van der Waals surface area contributed by atoms with E-state index in [9.17, 15) is 30.8 Å².